The first-order valence-corrected chi connectivity index (χ1v) is 4.27. The third-order valence-electron chi connectivity index (χ3n) is 1.95. The Balaban J connectivity index is 2.08. The summed E-state index contributed by atoms with van der Waals surface area (Å²) in [5.74, 6) is 1.81. The van der Waals surface area contributed by atoms with Gasteiger partial charge in [0.1, 0.15) is 11.5 Å². The lowest BCUT2D eigenvalue weighted by molar-refractivity contribution is -0.0137. The molecule has 2 rings (SSSR count). The predicted molar refractivity (Wildman–Crippen MR) is 44.8 cm³/mol. The van der Waals surface area contributed by atoms with Crippen molar-refractivity contribution in [3.8, 4) is 0 Å². The summed E-state index contributed by atoms with van der Waals surface area (Å²) in [6.45, 7) is 3.76. The molecule has 3 heteroatoms. The maximum atomic E-state index is 5.47. The van der Waals surface area contributed by atoms with Crippen molar-refractivity contribution in [2.45, 2.75) is 19.6 Å². The molecular weight excluding hydrogens is 154 g/mol. The van der Waals surface area contributed by atoms with Gasteiger partial charge in [-0.3, -0.25) is 5.32 Å². The van der Waals surface area contributed by atoms with Crippen molar-refractivity contribution < 1.29 is 9.15 Å². The topological polar surface area (TPSA) is 34.4 Å². The van der Waals surface area contributed by atoms with Gasteiger partial charge in [-0.1, -0.05) is 0 Å². The van der Waals surface area contributed by atoms with Crippen molar-refractivity contribution in [3.63, 3.8) is 0 Å². The number of ether oxygens (including phenoxy) is 1. The molecule has 3 nitrogen and oxygen atoms in total. The van der Waals surface area contributed by atoms with Crippen LogP contribution in [0.15, 0.2) is 16.5 Å². The average molecular weight is 167 g/mol. The highest BCUT2D eigenvalue weighted by molar-refractivity contribution is 5.08. The molecule has 1 fully saturated rings. The van der Waals surface area contributed by atoms with Gasteiger partial charge >= 0.3 is 0 Å². The van der Waals surface area contributed by atoms with Crippen LogP contribution in [0.5, 0.6) is 0 Å². The largest absolute Gasteiger partial charge is 0.462 e. The van der Waals surface area contributed by atoms with E-state index in [0.717, 1.165) is 31.1 Å². The van der Waals surface area contributed by atoms with Crippen molar-refractivity contribution in [1.82, 2.24) is 5.32 Å². The molecule has 66 valence electrons. The molecule has 1 saturated heterocycles. The average Bonchev–Trinajstić information content (AvgIpc) is 2.54. The Morgan fingerprint density at radius 3 is 3.00 bits per heavy atom. The number of aryl methyl sites for hydroxylation is 1. The van der Waals surface area contributed by atoms with E-state index in [2.05, 4.69) is 5.32 Å². The minimum atomic E-state index is -0.0348. The van der Waals surface area contributed by atoms with E-state index in [9.17, 15) is 0 Å². The van der Waals surface area contributed by atoms with E-state index in [4.69, 9.17) is 9.15 Å². The third kappa shape index (κ3) is 1.52. The Kier molecular flexibility index (Phi) is 2.15. The van der Waals surface area contributed by atoms with Gasteiger partial charge in [0.25, 0.3) is 0 Å². The zero-order valence-electron chi connectivity index (χ0n) is 7.17. The van der Waals surface area contributed by atoms with Crippen LogP contribution in [0.2, 0.25) is 0 Å². The van der Waals surface area contributed by atoms with E-state index in [-0.39, 0.29) is 6.23 Å². The zero-order valence-corrected chi connectivity index (χ0v) is 7.17. The quantitative estimate of drug-likeness (QED) is 0.689. The second-order valence-electron chi connectivity index (χ2n) is 3.01. The Morgan fingerprint density at radius 2 is 2.42 bits per heavy atom. The van der Waals surface area contributed by atoms with E-state index < -0.39 is 0 Å². The maximum absolute atomic E-state index is 5.47. The fourth-order valence-electron chi connectivity index (χ4n) is 1.34. The van der Waals surface area contributed by atoms with Gasteiger partial charge in [0, 0.05) is 6.54 Å². The van der Waals surface area contributed by atoms with Crippen LogP contribution < -0.4 is 5.32 Å². The smallest absolute Gasteiger partial charge is 0.167 e. The summed E-state index contributed by atoms with van der Waals surface area (Å²) in [5.41, 5.74) is 0. The number of nitrogens with one attached hydrogen (secondary N) is 1. The molecule has 0 aliphatic carbocycles. The molecule has 1 unspecified atom stereocenters. The van der Waals surface area contributed by atoms with E-state index in [1.165, 1.54) is 0 Å². The van der Waals surface area contributed by atoms with Crippen LogP contribution >= 0.6 is 0 Å². The number of rotatable bonds is 1. The number of hydrogen-bond donors (Lipinski definition) is 1. The highest BCUT2D eigenvalue weighted by Crippen LogP contribution is 2.19. The SMILES string of the molecule is Cc1ccc(C2NCCCO2)o1. The van der Waals surface area contributed by atoms with Gasteiger partial charge in [0.15, 0.2) is 6.23 Å². The molecule has 0 bridgehead atoms. The van der Waals surface area contributed by atoms with Crippen LogP contribution in [0.25, 0.3) is 0 Å². The molecule has 0 saturated carbocycles. The molecule has 2 heterocycles. The van der Waals surface area contributed by atoms with Gasteiger partial charge < -0.3 is 9.15 Å². The second-order valence-corrected chi connectivity index (χ2v) is 3.01. The summed E-state index contributed by atoms with van der Waals surface area (Å²) in [6.07, 6.45) is 1.04. The normalized spacial score (nSPS) is 24.2. The Hall–Kier alpha value is -0.800. The third-order valence-corrected chi connectivity index (χ3v) is 1.95. The van der Waals surface area contributed by atoms with Crippen molar-refractivity contribution in [2.75, 3.05) is 13.2 Å². The second kappa shape index (κ2) is 3.29. The molecule has 0 amide bonds. The van der Waals surface area contributed by atoms with Gasteiger partial charge in [-0.2, -0.15) is 0 Å². The monoisotopic (exact) mass is 167 g/mol. The summed E-state index contributed by atoms with van der Waals surface area (Å²) < 4.78 is 10.9. The van der Waals surface area contributed by atoms with Gasteiger partial charge in [-0.25, -0.2) is 0 Å². The van der Waals surface area contributed by atoms with Crippen molar-refractivity contribution >= 4 is 0 Å². The summed E-state index contributed by atoms with van der Waals surface area (Å²) in [4.78, 5) is 0. The molecule has 1 atom stereocenters. The van der Waals surface area contributed by atoms with Gasteiger partial charge in [-0.05, 0) is 25.5 Å². The predicted octanol–water partition coefficient (Wildman–Crippen LogP) is 1.60. The minimum absolute atomic E-state index is 0.0348. The molecule has 0 spiro atoms. The first kappa shape index (κ1) is 7.83. The van der Waals surface area contributed by atoms with E-state index in [1.54, 1.807) is 0 Å². The highest BCUT2D eigenvalue weighted by Gasteiger charge is 2.17. The van der Waals surface area contributed by atoms with Gasteiger partial charge in [0.05, 0.1) is 6.61 Å². The van der Waals surface area contributed by atoms with Crippen molar-refractivity contribution in [2.24, 2.45) is 0 Å². The van der Waals surface area contributed by atoms with Crippen LogP contribution in [0.3, 0.4) is 0 Å². The Labute approximate surface area is 71.7 Å². The lowest BCUT2D eigenvalue weighted by atomic mass is 10.3. The van der Waals surface area contributed by atoms with Crippen molar-refractivity contribution in [3.05, 3.63) is 23.7 Å². The van der Waals surface area contributed by atoms with Crippen LogP contribution in [-0.4, -0.2) is 13.2 Å². The Bertz CT molecular complexity index is 251. The molecule has 1 aromatic rings. The minimum Gasteiger partial charge on any atom is -0.462 e. The first-order chi connectivity index (χ1) is 5.86. The van der Waals surface area contributed by atoms with E-state index in [0.29, 0.717) is 0 Å². The number of furan rings is 1. The van der Waals surface area contributed by atoms with Crippen LogP contribution in [0, 0.1) is 6.92 Å². The molecular formula is C9H13NO2. The molecule has 1 aromatic heterocycles. The summed E-state index contributed by atoms with van der Waals surface area (Å²) >= 11 is 0. The highest BCUT2D eigenvalue weighted by atomic mass is 16.5. The molecule has 1 aliphatic rings. The molecule has 12 heavy (non-hydrogen) atoms. The fraction of sp³-hybridized carbons (Fsp3) is 0.556. The van der Waals surface area contributed by atoms with Crippen LogP contribution in [0.1, 0.15) is 24.2 Å². The zero-order chi connectivity index (χ0) is 8.39. The summed E-state index contributed by atoms with van der Waals surface area (Å²) in [6, 6.07) is 3.91. The fourth-order valence-corrected chi connectivity index (χ4v) is 1.34. The molecule has 0 radical (unpaired) electrons. The molecule has 1 N–H and O–H groups in total. The lowest BCUT2D eigenvalue weighted by Gasteiger charge is -2.21. The van der Waals surface area contributed by atoms with Crippen molar-refractivity contribution in [1.29, 1.82) is 0 Å². The van der Waals surface area contributed by atoms with Crippen LogP contribution in [0.4, 0.5) is 0 Å². The van der Waals surface area contributed by atoms with E-state index in [1.807, 2.05) is 19.1 Å². The molecule has 1 aliphatic heterocycles. The first-order valence-electron chi connectivity index (χ1n) is 4.27. The summed E-state index contributed by atoms with van der Waals surface area (Å²) in [7, 11) is 0. The van der Waals surface area contributed by atoms with Crippen LogP contribution in [-0.2, 0) is 4.74 Å². The lowest BCUT2D eigenvalue weighted by Crippen LogP contribution is -2.30. The van der Waals surface area contributed by atoms with Gasteiger partial charge in [-0.15, -0.1) is 0 Å². The van der Waals surface area contributed by atoms with Gasteiger partial charge in [0.2, 0.25) is 0 Å². The Morgan fingerprint density at radius 1 is 1.50 bits per heavy atom. The maximum Gasteiger partial charge on any atom is 0.167 e. The van der Waals surface area contributed by atoms with E-state index >= 15 is 0 Å². The number of hydrogen-bond acceptors (Lipinski definition) is 3. The summed E-state index contributed by atoms with van der Waals surface area (Å²) in [5, 5.41) is 3.23. The molecule has 0 aromatic carbocycles. The standard InChI is InChI=1S/C9H13NO2/c1-7-3-4-8(12-7)9-10-5-2-6-11-9/h3-4,9-10H,2,5-6H2,1H3.